The van der Waals surface area contributed by atoms with Crippen molar-refractivity contribution in [3.63, 3.8) is 0 Å². The van der Waals surface area contributed by atoms with Gasteiger partial charge in [-0.25, -0.2) is 0 Å². The molecule has 20 heavy (non-hydrogen) atoms. The Labute approximate surface area is 119 Å². The molecule has 0 atom stereocenters. The third kappa shape index (κ3) is 4.18. The van der Waals surface area contributed by atoms with Crippen molar-refractivity contribution in [3.05, 3.63) is 34.4 Å². The van der Waals surface area contributed by atoms with E-state index in [9.17, 15) is 10.1 Å². The Hall–Kier alpha value is -1.66. The molecule has 6 nitrogen and oxygen atoms in total. The second kappa shape index (κ2) is 7.21. The van der Waals surface area contributed by atoms with Crippen molar-refractivity contribution in [2.24, 2.45) is 0 Å². The fourth-order valence-corrected chi connectivity index (χ4v) is 2.27. The number of nitro groups is 1. The summed E-state index contributed by atoms with van der Waals surface area (Å²) in [5, 5.41) is 10.8. The van der Waals surface area contributed by atoms with E-state index < -0.39 is 4.92 Å². The molecule has 0 unspecified atom stereocenters. The van der Waals surface area contributed by atoms with Crippen molar-refractivity contribution in [1.82, 2.24) is 9.80 Å². The Morgan fingerprint density at radius 3 is 2.65 bits per heavy atom. The predicted molar refractivity (Wildman–Crippen MR) is 77.1 cm³/mol. The van der Waals surface area contributed by atoms with Crippen molar-refractivity contribution < 1.29 is 9.66 Å². The number of hydrogen-bond acceptors (Lipinski definition) is 5. The lowest BCUT2D eigenvalue weighted by Crippen LogP contribution is -2.44. The molecule has 1 saturated heterocycles. The highest BCUT2D eigenvalue weighted by Gasteiger charge is 2.15. The zero-order chi connectivity index (χ0) is 14.4. The zero-order valence-electron chi connectivity index (χ0n) is 11.8. The number of nitrogens with zero attached hydrogens (tertiary/aromatic N) is 3. The maximum absolute atomic E-state index is 10.8. The van der Waals surface area contributed by atoms with Crippen LogP contribution in [0.5, 0.6) is 5.75 Å². The lowest BCUT2D eigenvalue weighted by Gasteiger charge is -2.32. The minimum absolute atomic E-state index is 0.0343. The molecule has 0 spiro atoms. The average molecular weight is 279 g/mol. The Balaban J connectivity index is 1.72. The molecule has 2 rings (SSSR count). The first-order chi connectivity index (χ1) is 9.66. The Bertz CT molecular complexity index is 445. The summed E-state index contributed by atoms with van der Waals surface area (Å²) >= 11 is 0. The largest absolute Gasteiger partial charge is 0.487 e. The van der Waals surface area contributed by atoms with E-state index in [2.05, 4.69) is 16.8 Å². The third-order valence-corrected chi connectivity index (χ3v) is 3.53. The van der Waals surface area contributed by atoms with Gasteiger partial charge in [0.2, 0.25) is 0 Å². The van der Waals surface area contributed by atoms with E-state index in [1.54, 1.807) is 18.2 Å². The second-order valence-electron chi connectivity index (χ2n) is 5.07. The van der Waals surface area contributed by atoms with Gasteiger partial charge in [-0.15, -0.1) is 0 Å². The molecule has 1 aliphatic heterocycles. The highest BCUT2D eigenvalue weighted by molar-refractivity contribution is 5.45. The van der Waals surface area contributed by atoms with Gasteiger partial charge in [0.15, 0.2) is 5.75 Å². The molecule has 0 amide bonds. The van der Waals surface area contributed by atoms with E-state index in [1.807, 2.05) is 0 Å². The van der Waals surface area contributed by atoms with Crippen LogP contribution in [0.2, 0.25) is 0 Å². The van der Waals surface area contributed by atoms with Crippen molar-refractivity contribution in [2.75, 3.05) is 46.4 Å². The molecule has 1 aromatic rings. The van der Waals surface area contributed by atoms with E-state index >= 15 is 0 Å². The van der Waals surface area contributed by atoms with Crippen LogP contribution < -0.4 is 4.74 Å². The number of para-hydroxylation sites is 2. The number of rotatable bonds is 6. The molecule has 1 fully saturated rings. The van der Waals surface area contributed by atoms with Crippen molar-refractivity contribution in [2.45, 2.75) is 6.42 Å². The lowest BCUT2D eigenvalue weighted by atomic mass is 10.3. The van der Waals surface area contributed by atoms with Crippen molar-refractivity contribution in [3.8, 4) is 5.75 Å². The number of likely N-dealkylation sites (N-methyl/N-ethyl adjacent to an activating group) is 1. The lowest BCUT2D eigenvalue weighted by molar-refractivity contribution is -0.385. The highest BCUT2D eigenvalue weighted by Crippen LogP contribution is 2.25. The highest BCUT2D eigenvalue weighted by atomic mass is 16.6. The van der Waals surface area contributed by atoms with Gasteiger partial charge in [-0.3, -0.25) is 10.1 Å². The number of hydrogen-bond donors (Lipinski definition) is 0. The van der Waals surface area contributed by atoms with Crippen LogP contribution in [-0.2, 0) is 0 Å². The van der Waals surface area contributed by atoms with Crippen molar-refractivity contribution in [1.29, 1.82) is 0 Å². The van der Waals surface area contributed by atoms with Gasteiger partial charge in [0.1, 0.15) is 0 Å². The van der Waals surface area contributed by atoms with Crippen molar-refractivity contribution >= 4 is 5.69 Å². The number of ether oxygens (including phenoxy) is 1. The van der Waals surface area contributed by atoms with Gasteiger partial charge in [0.25, 0.3) is 0 Å². The summed E-state index contributed by atoms with van der Waals surface area (Å²) in [4.78, 5) is 15.2. The fraction of sp³-hybridized carbons (Fsp3) is 0.571. The predicted octanol–water partition coefficient (Wildman–Crippen LogP) is 1.61. The molecule has 1 heterocycles. The van der Waals surface area contributed by atoms with Crippen LogP contribution >= 0.6 is 0 Å². The molecular formula is C14H21N3O3. The van der Waals surface area contributed by atoms with E-state index in [0.29, 0.717) is 12.4 Å². The number of benzene rings is 1. The number of nitro benzene ring substituents is 1. The number of piperazine rings is 1. The van der Waals surface area contributed by atoms with Crippen LogP contribution in [-0.4, -0.2) is 61.1 Å². The Morgan fingerprint density at radius 1 is 1.25 bits per heavy atom. The quantitative estimate of drug-likeness (QED) is 0.450. The first-order valence-corrected chi connectivity index (χ1v) is 6.94. The maximum atomic E-state index is 10.8. The summed E-state index contributed by atoms with van der Waals surface area (Å²) in [6.07, 6.45) is 0.885. The molecule has 0 saturated carbocycles. The molecule has 0 aliphatic carbocycles. The molecule has 110 valence electrons. The molecule has 1 aliphatic rings. The fourth-order valence-electron chi connectivity index (χ4n) is 2.27. The molecular weight excluding hydrogens is 258 g/mol. The van der Waals surface area contributed by atoms with Crippen LogP contribution in [0, 0.1) is 10.1 Å². The molecule has 0 radical (unpaired) electrons. The summed E-state index contributed by atoms with van der Waals surface area (Å²) in [5.74, 6) is 0.357. The van der Waals surface area contributed by atoms with E-state index in [0.717, 1.165) is 39.1 Å². The molecule has 0 bridgehead atoms. The van der Waals surface area contributed by atoms with Crippen LogP contribution in [0.1, 0.15) is 6.42 Å². The second-order valence-corrected chi connectivity index (χ2v) is 5.07. The van der Waals surface area contributed by atoms with Crippen LogP contribution in [0.15, 0.2) is 24.3 Å². The minimum Gasteiger partial charge on any atom is -0.487 e. The first-order valence-electron chi connectivity index (χ1n) is 6.94. The smallest absolute Gasteiger partial charge is 0.310 e. The summed E-state index contributed by atoms with van der Waals surface area (Å²) in [6.45, 7) is 5.87. The zero-order valence-corrected chi connectivity index (χ0v) is 11.8. The first kappa shape index (κ1) is 14.7. The topological polar surface area (TPSA) is 58.8 Å². The molecule has 6 heteroatoms. The monoisotopic (exact) mass is 279 g/mol. The van der Waals surface area contributed by atoms with Gasteiger partial charge in [-0.05, 0) is 19.5 Å². The van der Waals surface area contributed by atoms with Gasteiger partial charge < -0.3 is 14.5 Å². The van der Waals surface area contributed by atoms with Crippen LogP contribution in [0.3, 0.4) is 0 Å². The van der Waals surface area contributed by atoms with Gasteiger partial charge >= 0.3 is 5.69 Å². The molecule has 0 N–H and O–H groups in total. The summed E-state index contributed by atoms with van der Waals surface area (Å²) in [5.41, 5.74) is 0.0343. The minimum atomic E-state index is -0.407. The summed E-state index contributed by atoms with van der Waals surface area (Å²) < 4.78 is 5.53. The van der Waals surface area contributed by atoms with Crippen LogP contribution in [0.25, 0.3) is 0 Å². The SMILES string of the molecule is CN1CCN(CCCOc2ccccc2[N+](=O)[O-])CC1. The van der Waals surface area contributed by atoms with Gasteiger partial charge in [-0.2, -0.15) is 0 Å². The molecule has 1 aromatic carbocycles. The standard InChI is InChI=1S/C14H21N3O3/c1-15-8-10-16(11-9-15)7-4-12-20-14-6-3-2-5-13(14)17(18)19/h2-3,5-6H,4,7-12H2,1H3. The average Bonchev–Trinajstić information content (AvgIpc) is 2.46. The maximum Gasteiger partial charge on any atom is 0.310 e. The Morgan fingerprint density at radius 2 is 1.95 bits per heavy atom. The summed E-state index contributed by atoms with van der Waals surface area (Å²) in [6, 6.07) is 6.52. The molecule has 0 aromatic heterocycles. The van der Waals surface area contributed by atoms with Gasteiger partial charge in [0, 0.05) is 38.8 Å². The van der Waals surface area contributed by atoms with Crippen LogP contribution in [0.4, 0.5) is 5.69 Å². The van der Waals surface area contributed by atoms with Gasteiger partial charge in [-0.1, -0.05) is 12.1 Å². The van der Waals surface area contributed by atoms with Gasteiger partial charge in [0.05, 0.1) is 11.5 Å². The van der Waals surface area contributed by atoms with E-state index in [1.165, 1.54) is 6.07 Å². The third-order valence-electron chi connectivity index (χ3n) is 3.53. The normalized spacial score (nSPS) is 17.1. The van der Waals surface area contributed by atoms with E-state index in [-0.39, 0.29) is 5.69 Å². The van der Waals surface area contributed by atoms with E-state index in [4.69, 9.17) is 4.74 Å². The summed E-state index contributed by atoms with van der Waals surface area (Å²) in [7, 11) is 2.13. The Kier molecular flexibility index (Phi) is 5.31.